The molecule has 3 aliphatic heterocycles. The number of alkyl carbamates (subject to hydrolysis) is 2. The largest absolute Gasteiger partial charge is 0.457 e. The van der Waals surface area contributed by atoms with Crippen molar-refractivity contribution in [1.82, 2.24) is 40.4 Å². The van der Waals surface area contributed by atoms with Crippen LogP contribution in [-0.4, -0.2) is 93.1 Å². The molecule has 15 nitrogen and oxygen atoms in total. The van der Waals surface area contributed by atoms with Gasteiger partial charge in [0.1, 0.15) is 35.2 Å². The first-order chi connectivity index (χ1) is 28.5. The number of aromatic amines is 2. The maximum absolute atomic E-state index is 14.1. The number of amides is 4. The van der Waals surface area contributed by atoms with Gasteiger partial charge in [-0.3, -0.25) is 9.59 Å². The maximum Gasteiger partial charge on any atom is 0.407 e. The third-order valence-electron chi connectivity index (χ3n) is 12.8. The average Bonchev–Trinajstić information content (AvgIpc) is 4.09. The SMILES string of the molecule is COC(=O)N[C@@H](C)C(=O)N1CCC[C@H]1c1ncc(-c2ccc3c(c2)C(C)(C)c2ccc(-c4cnc([C@@H]5CCCN5C(=O)[C@@H](NC(=O)OC)C5CCCCC5)[nH]4)cc2O3)[nH]1. The molecule has 0 spiro atoms. The molecule has 0 radical (unpaired) electrons. The van der Waals surface area contributed by atoms with E-state index >= 15 is 0 Å². The van der Waals surface area contributed by atoms with Crippen LogP contribution in [0, 0.1) is 5.92 Å². The first-order valence-corrected chi connectivity index (χ1v) is 20.8. The monoisotopic (exact) mass is 806 g/mol. The molecular weight excluding hydrogens is 753 g/mol. The molecule has 2 saturated heterocycles. The van der Waals surface area contributed by atoms with Crippen molar-refractivity contribution in [3.8, 4) is 34.0 Å². The number of likely N-dealkylation sites (tertiary alicyclic amines) is 2. The predicted molar refractivity (Wildman–Crippen MR) is 219 cm³/mol. The number of methoxy groups -OCH3 is 2. The maximum atomic E-state index is 14.1. The summed E-state index contributed by atoms with van der Waals surface area (Å²) in [5.41, 5.74) is 5.22. The highest BCUT2D eigenvalue weighted by Gasteiger charge is 2.41. The summed E-state index contributed by atoms with van der Waals surface area (Å²) in [7, 11) is 2.60. The Bertz CT molecular complexity index is 2220. The molecule has 2 aromatic heterocycles. The smallest absolute Gasteiger partial charge is 0.407 e. The van der Waals surface area contributed by atoms with Gasteiger partial charge in [0.05, 0.1) is 50.1 Å². The van der Waals surface area contributed by atoms with E-state index in [9.17, 15) is 19.2 Å². The van der Waals surface area contributed by atoms with E-state index < -0.39 is 29.7 Å². The second-order valence-corrected chi connectivity index (χ2v) is 16.8. The number of hydrogen-bond donors (Lipinski definition) is 4. The van der Waals surface area contributed by atoms with Gasteiger partial charge in [-0.25, -0.2) is 19.6 Å². The molecule has 3 fully saturated rings. The summed E-state index contributed by atoms with van der Waals surface area (Å²) in [5.74, 6) is 2.78. The van der Waals surface area contributed by atoms with Gasteiger partial charge >= 0.3 is 12.2 Å². The zero-order valence-electron chi connectivity index (χ0n) is 34.4. The number of benzene rings is 2. The van der Waals surface area contributed by atoms with Gasteiger partial charge in [-0.2, -0.15) is 0 Å². The Morgan fingerprint density at radius 2 is 1.31 bits per heavy atom. The minimum absolute atomic E-state index is 0.0737. The molecule has 15 heteroatoms. The van der Waals surface area contributed by atoms with Gasteiger partial charge in [0.2, 0.25) is 11.8 Å². The number of imidazole rings is 2. The molecule has 0 unspecified atom stereocenters. The number of ether oxygens (including phenoxy) is 3. The molecule has 2 aromatic carbocycles. The second kappa shape index (κ2) is 16.4. The van der Waals surface area contributed by atoms with Crippen LogP contribution in [0.5, 0.6) is 11.5 Å². The van der Waals surface area contributed by atoms with Gasteiger partial charge in [0.15, 0.2) is 0 Å². The van der Waals surface area contributed by atoms with Crippen LogP contribution in [0.1, 0.15) is 113 Å². The molecular formula is C44H54N8O7. The van der Waals surface area contributed by atoms with Crippen LogP contribution in [0.25, 0.3) is 22.5 Å². The highest BCUT2D eigenvalue weighted by molar-refractivity contribution is 5.87. The van der Waals surface area contributed by atoms with Crippen molar-refractivity contribution in [1.29, 1.82) is 0 Å². The van der Waals surface area contributed by atoms with E-state index in [-0.39, 0.29) is 29.8 Å². The summed E-state index contributed by atoms with van der Waals surface area (Å²) in [6.07, 6.45) is 10.7. The van der Waals surface area contributed by atoms with Gasteiger partial charge < -0.3 is 44.6 Å². The molecule has 312 valence electrons. The van der Waals surface area contributed by atoms with Crippen LogP contribution in [0.2, 0.25) is 0 Å². The summed E-state index contributed by atoms with van der Waals surface area (Å²) in [5, 5.41) is 5.44. The van der Waals surface area contributed by atoms with Crippen molar-refractivity contribution in [3.63, 3.8) is 0 Å². The van der Waals surface area contributed by atoms with Crippen LogP contribution >= 0.6 is 0 Å². The summed E-state index contributed by atoms with van der Waals surface area (Å²) >= 11 is 0. The molecule has 4 aliphatic rings. The van der Waals surface area contributed by atoms with Crippen molar-refractivity contribution in [2.45, 2.75) is 108 Å². The molecule has 1 aliphatic carbocycles. The van der Waals surface area contributed by atoms with E-state index in [0.29, 0.717) is 18.9 Å². The van der Waals surface area contributed by atoms with E-state index in [0.717, 1.165) is 109 Å². The second-order valence-electron chi connectivity index (χ2n) is 16.8. The quantitative estimate of drug-likeness (QED) is 0.135. The molecule has 1 saturated carbocycles. The summed E-state index contributed by atoms with van der Waals surface area (Å²) in [4.78, 5) is 71.5. The first-order valence-electron chi connectivity index (χ1n) is 20.8. The predicted octanol–water partition coefficient (Wildman–Crippen LogP) is 7.27. The lowest BCUT2D eigenvalue weighted by Crippen LogP contribution is -2.52. The van der Waals surface area contributed by atoms with Crippen LogP contribution in [-0.2, 0) is 24.5 Å². The number of H-pyrrole nitrogens is 2. The summed E-state index contributed by atoms with van der Waals surface area (Å²) in [6, 6.07) is 10.6. The highest BCUT2D eigenvalue weighted by atomic mass is 16.5. The Morgan fingerprint density at radius 3 is 1.93 bits per heavy atom. The van der Waals surface area contributed by atoms with Crippen molar-refractivity contribution in [2.24, 2.45) is 5.92 Å². The molecule has 4 aromatic rings. The standard InChI is InChI=1S/C44H54N8O7/c1-25(47-42(55)57-4)40(53)51-19-9-13-33(51)38-45-23-31(48-38)27-16-18-35-30(21-27)44(2,3)29-17-15-28(22-36(29)59-35)32-24-46-39(49-32)34-14-10-20-52(34)41(54)37(50-43(56)58-5)26-11-7-6-8-12-26/h15-18,21-26,33-34,37H,6-14,19-20H2,1-5H3,(H,45,48)(H,46,49)(H,47,55)(H,50,56)/t25-,33-,34-,37-/m0/s1. The van der Waals surface area contributed by atoms with E-state index in [1.54, 1.807) is 18.0 Å². The Balaban J connectivity index is 0.982. The van der Waals surface area contributed by atoms with Gasteiger partial charge in [0.25, 0.3) is 0 Å². The van der Waals surface area contributed by atoms with E-state index in [1.165, 1.54) is 14.2 Å². The van der Waals surface area contributed by atoms with Crippen LogP contribution in [0.15, 0.2) is 48.8 Å². The minimum Gasteiger partial charge on any atom is -0.457 e. The fraction of sp³-hybridized carbons (Fsp3) is 0.500. The zero-order valence-corrected chi connectivity index (χ0v) is 34.4. The number of nitrogens with one attached hydrogen (secondary N) is 4. The summed E-state index contributed by atoms with van der Waals surface area (Å²) < 4.78 is 16.2. The zero-order chi connectivity index (χ0) is 41.4. The molecule has 5 heterocycles. The first kappa shape index (κ1) is 39.9. The number of fused-ring (bicyclic) bond motifs is 2. The normalized spacial score (nSPS) is 20.8. The van der Waals surface area contributed by atoms with E-state index in [4.69, 9.17) is 19.4 Å². The van der Waals surface area contributed by atoms with Crippen LogP contribution in [0.3, 0.4) is 0 Å². The van der Waals surface area contributed by atoms with Crippen molar-refractivity contribution in [2.75, 3.05) is 27.3 Å². The van der Waals surface area contributed by atoms with Crippen LogP contribution < -0.4 is 15.4 Å². The lowest BCUT2D eigenvalue weighted by molar-refractivity contribution is -0.136. The topological polar surface area (TPSA) is 184 Å². The van der Waals surface area contributed by atoms with E-state index in [2.05, 4.69) is 57.4 Å². The average molecular weight is 807 g/mol. The van der Waals surface area contributed by atoms with Crippen LogP contribution in [0.4, 0.5) is 9.59 Å². The lowest BCUT2D eigenvalue weighted by Gasteiger charge is -2.35. The van der Waals surface area contributed by atoms with Crippen molar-refractivity contribution < 1.29 is 33.4 Å². The van der Waals surface area contributed by atoms with Gasteiger partial charge in [0, 0.05) is 40.8 Å². The van der Waals surface area contributed by atoms with Crippen molar-refractivity contribution >= 4 is 24.0 Å². The Kier molecular flexibility index (Phi) is 11.1. The van der Waals surface area contributed by atoms with Gasteiger partial charge in [-0.1, -0.05) is 45.2 Å². The molecule has 0 bridgehead atoms. The lowest BCUT2D eigenvalue weighted by atomic mass is 9.75. The number of nitrogens with zero attached hydrogens (tertiary/aromatic N) is 4. The minimum atomic E-state index is -0.723. The number of hydrogen-bond acceptors (Lipinski definition) is 9. The van der Waals surface area contributed by atoms with E-state index in [1.807, 2.05) is 29.3 Å². The molecule has 4 amide bonds. The number of carbonyl (C=O) groups is 4. The van der Waals surface area contributed by atoms with Crippen molar-refractivity contribution in [3.05, 3.63) is 71.6 Å². The summed E-state index contributed by atoms with van der Waals surface area (Å²) in [6.45, 7) is 7.22. The molecule has 4 N–H and O–H groups in total. The number of carbonyl (C=O) groups excluding carboxylic acids is 4. The molecule has 8 rings (SSSR count). The fourth-order valence-corrected chi connectivity index (χ4v) is 9.52. The van der Waals surface area contributed by atoms with Gasteiger partial charge in [-0.05, 0) is 75.6 Å². The molecule has 4 atom stereocenters. The number of aromatic nitrogens is 4. The third kappa shape index (κ3) is 7.74. The molecule has 59 heavy (non-hydrogen) atoms. The van der Waals surface area contributed by atoms with Gasteiger partial charge in [-0.15, -0.1) is 0 Å². The fourth-order valence-electron chi connectivity index (χ4n) is 9.52. The third-order valence-corrected chi connectivity index (χ3v) is 12.8. The number of rotatable bonds is 9. The Hall–Kier alpha value is -5.86. The highest BCUT2D eigenvalue weighted by Crippen LogP contribution is 2.50. The Morgan fingerprint density at radius 1 is 0.729 bits per heavy atom. The Labute approximate surface area is 344 Å².